The van der Waals surface area contributed by atoms with Gasteiger partial charge >= 0.3 is 0 Å². The molecule has 0 fully saturated rings. The van der Waals surface area contributed by atoms with E-state index in [0.29, 0.717) is 22.8 Å². The summed E-state index contributed by atoms with van der Waals surface area (Å²) in [5.41, 5.74) is 3.96. The molecule has 3 N–H and O–H groups in total. The number of aliphatic hydroxyl groups is 1. The number of carbonyl (C=O) groups excluding carboxylic acids is 2. The summed E-state index contributed by atoms with van der Waals surface area (Å²) in [5, 5.41) is 15.0. The predicted molar refractivity (Wildman–Crippen MR) is 151 cm³/mol. The number of carbonyl (C=O) groups is 2. The molecule has 0 spiro atoms. The van der Waals surface area contributed by atoms with Crippen molar-refractivity contribution in [2.24, 2.45) is 0 Å². The quantitative estimate of drug-likeness (QED) is 0.246. The van der Waals surface area contributed by atoms with E-state index in [9.17, 15) is 9.59 Å². The van der Waals surface area contributed by atoms with Gasteiger partial charge in [-0.05, 0) is 72.1 Å². The fraction of sp³-hybridized carbons (Fsp3) is 0.250. The van der Waals surface area contributed by atoms with Gasteiger partial charge in [0.25, 0.3) is 5.91 Å². The van der Waals surface area contributed by atoms with Gasteiger partial charge in [-0.3, -0.25) is 9.59 Å². The minimum atomic E-state index is -0.628. The highest BCUT2D eigenvalue weighted by molar-refractivity contribution is 9.10. The first-order chi connectivity index (χ1) is 18.2. The van der Waals surface area contributed by atoms with Gasteiger partial charge < -0.3 is 24.9 Å². The summed E-state index contributed by atoms with van der Waals surface area (Å²) in [6.07, 6.45) is 4.31. The second-order valence-electron chi connectivity index (χ2n) is 9.06. The van der Waals surface area contributed by atoms with Crippen molar-refractivity contribution in [1.82, 2.24) is 20.0 Å². The summed E-state index contributed by atoms with van der Waals surface area (Å²) in [6.45, 7) is 3.31. The fourth-order valence-corrected chi connectivity index (χ4v) is 4.61. The highest BCUT2D eigenvalue weighted by atomic mass is 79.9. The Bertz CT molecular complexity index is 1440. The molecule has 0 saturated heterocycles. The zero-order chi connectivity index (χ0) is 27.2. The Hall–Kier alpha value is -3.40. The number of hydrogen-bond acceptors (Lipinski definition) is 5. The van der Waals surface area contributed by atoms with E-state index >= 15 is 0 Å². The topological polar surface area (TPSA) is 105 Å². The summed E-state index contributed by atoms with van der Waals surface area (Å²) >= 11 is 9.83. The maximum atomic E-state index is 13.0. The molecule has 0 aliphatic heterocycles. The monoisotopic (exact) mass is 598 g/mol. The van der Waals surface area contributed by atoms with Crippen LogP contribution in [0, 0.1) is 0 Å². The number of hydrogen-bond donors (Lipinski definition) is 3. The van der Waals surface area contributed by atoms with Crippen molar-refractivity contribution < 1.29 is 19.4 Å². The van der Waals surface area contributed by atoms with Crippen LogP contribution in [0.15, 0.2) is 71.5 Å². The van der Waals surface area contributed by atoms with Crippen molar-refractivity contribution in [3.05, 3.63) is 87.6 Å². The lowest BCUT2D eigenvalue weighted by Crippen LogP contribution is -2.45. The van der Waals surface area contributed by atoms with Crippen LogP contribution in [0.5, 0.6) is 5.75 Å². The highest BCUT2D eigenvalue weighted by Crippen LogP contribution is 2.27. The average Bonchev–Trinajstić information content (AvgIpc) is 3.34. The normalized spacial score (nSPS) is 11.9. The number of nitrogens with zero attached hydrogens (tertiary/aromatic N) is 2. The zero-order valence-electron chi connectivity index (χ0n) is 20.9. The minimum Gasteiger partial charge on any atom is -0.489 e. The number of nitrogens with one attached hydrogen (secondary N) is 2. The van der Waals surface area contributed by atoms with Crippen LogP contribution in [-0.4, -0.2) is 51.6 Å². The Balaban J connectivity index is 1.48. The maximum absolute atomic E-state index is 13.0. The van der Waals surface area contributed by atoms with E-state index in [2.05, 4.69) is 26.6 Å². The summed E-state index contributed by atoms with van der Waals surface area (Å²) < 4.78 is 8.51. The summed E-state index contributed by atoms with van der Waals surface area (Å²) in [5.74, 6) is -0.350. The number of amides is 2. The Morgan fingerprint density at radius 1 is 1.16 bits per heavy atom. The SMILES string of the molecule is CC(C)Oc1ccc(C(=O)NC(CNC(=O)CO)Cc2ccc(-c3cn4cccc(Br)c4n3)cc2)cc1Cl. The van der Waals surface area contributed by atoms with Gasteiger partial charge in [0.05, 0.1) is 27.3 Å². The molecule has 0 radical (unpaired) electrons. The smallest absolute Gasteiger partial charge is 0.251 e. The zero-order valence-corrected chi connectivity index (χ0v) is 23.3. The van der Waals surface area contributed by atoms with E-state index in [-0.39, 0.29) is 18.6 Å². The standard InChI is InChI=1S/C28H28BrClN4O4/c1-17(2)38-25-10-9-20(13-23(25)30)28(37)32-21(14-31-26(36)16-35)12-18-5-7-19(8-6-18)24-15-34-11-3-4-22(29)27(34)33-24/h3-11,13,15,17,21,35H,12,14,16H2,1-2H3,(H,31,36)(H,32,37). The molecule has 2 amide bonds. The molecule has 4 aromatic rings. The van der Waals surface area contributed by atoms with E-state index in [1.807, 2.05) is 67.0 Å². The van der Waals surface area contributed by atoms with E-state index in [0.717, 1.165) is 26.9 Å². The molecule has 4 rings (SSSR count). The van der Waals surface area contributed by atoms with Crippen LogP contribution in [0.25, 0.3) is 16.9 Å². The van der Waals surface area contributed by atoms with Gasteiger partial charge in [-0.2, -0.15) is 0 Å². The number of pyridine rings is 1. The number of rotatable bonds is 10. The number of fused-ring (bicyclic) bond motifs is 1. The molecule has 0 saturated carbocycles. The Morgan fingerprint density at radius 2 is 1.92 bits per heavy atom. The van der Waals surface area contributed by atoms with E-state index in [1.165, 1.54) is 0 Å². The van der Waals surface area contributed by atoms with Crippen LogP contribution < -0.4 is 15.4 Å². The second-order valence-corrected chi connectivity index (χ2v) is 10.3. The van der Waals surface area contributed by atoms with Crippen molar-refractivity contribution in [2.45, 2.75) is 32.4 Å². The third-order valence-electron chi connectivity index (χ3n) is 5.75. The first kappa shape index (κ1) is 27.6. The molecule has 1 atom stereocenters. The number of aromatic nitrogens is 2. The molecular formula is C28H28BrClN4O4. The molecule has 198 valence electrons. The average molecular weight is 600 g/mol. The Kier molecular flexibility index (Phi) is 9.04. The summed E-state index contributed by atoms with van der Waals surface area (Å²) in [6, 6.07) is 16.2. The number of imidazole rings is 1. The molecule has 38 heavy (non-hydrogen) atoms. The lowest BCUT2D eigenvalue weighted by atomic mass is 10.0. The van der Waals surface area contributed by atoms with Crippen LogP contribution >= 0.6 is 27.5 Å². The van der Waals surface area contributed by atoms with Crippen LogP contribution in [0.3, 0.4) is 0 Å². The third kappa shape index (κ3) is 6.92. The van der Waals surface area contributed by atoms with Gasteiger partial charge in [0.15, 0.2) is 5.65 Å². The second kappa shape index (κ2) is 12.4. The summed E-state index contributed by atoms with van der Waals surface area (Å²) in [7, 11) is 0. The maximum Gasteiger partial charge on any atom is 0.251 e. The molecular weight excluding hydrogens is 572 g/mol. The molecule has 0 aliphatic carbocycles. The van der Waals surface area contributed by atoms with Gasteiger partial charge in [0.1, 0.15) is 12.4 Å². The number of ether oxygens (including phenoxy) is 1. The largest absolute Gasteiger partial charge is 0.489 e. The minimum absolute atomic E-state index is 0.0485. The van der Waals surface area contributed by atoms with Gasteiger partial charge in [-0.1, -0.05) is 35.9 Å². The molecule has 10 heteroatoms. The van der Waals surface area contributed by atoms with Crippen molar-refractivity contribution in [2.75, 3.05) is 13.2 Å². The van der Waals surface area contributed by atoms with Crippen LogP contribution in [0.1, 0.15) is 29.8 Å². The van der Waals surface area contributed by atoms with E-state index in [1.54, 1.807) is 18.2 Å². The Labute approximate surface area is 234 Å². The van der Waals surface area contributed by atoms with Gasteiger partial charge in [-0.15, -0.1) is 0 Å². The van der Waals surface area contributed by atoms with Gasteiger partial charge in [0.2, 0.25) is 5.91 Å². The Morgan fingerprint density at radius 3 is 2.58 bits per heavy atom. The molecule has 2 aromatic heterocycles. The molecule has 2 aromatic carbocycles. The number of aliphatic hydroxyl groups excluding tert-OH is 1. The molecule has 1 unspecified atom stereocenters. The lowest BCUT2D eigenvalue weighted by molar-refractivity contribution is -0.123. The highest BCUT2D eigenvalue weighted by Gasteiger charge is 2.18. The number of benzene rings is 2. The number of halogens is 2. The summed E-state index contributed by atoms with van der Waals surface area (Å²) in [4.78, 5) is 29.4. The first-order valence-corrected chi connectivity index (χ1v) is 13.3. The van der Waals surface area contributed by atoms with Gasteiger partial charge in [0, 0.05) is 30.1 Å². The van der Waals surface area contributed by atoms with Crippen LogP contribution in [-0.2, 0) is 11.2 Å². The van der Waals surface area contributed by atoms with Crippen LogP contribution in [0.4, 0.5) is 0 Å². The van der Waals surface area contributed by atoms with E-state index < -0.39 is 18.6 Å². The first-order valence-electron chi connectivity index (χ1n) is 12.1. The van der Waals surface area contributed by atoms with Crippen molar-refractivity contribution in [3.63, 3.8) is 0 Å². The molecule has 8 nitrogen and oxygen atoms in total. The fourth-order valence-electron chi connectivity index (χ4n) is 3.94. The van der Waals surface area contributed by atoms with E-state index in [4.69, 9.17) is 26.4 Å². The van der Waals surface area contributed by atoms with Crippen molar-refractivity contribution >= 4 is 45.0 Å². The van der Waals surface area contributed by atoms with Crippen molar-refractivity contribution in [1.29, 1.82) is 0 Å². The van der Waals surface area contributed by atoms with Gasteiger partial charge in [-0.25, -0.2) is 4.98 Å². The predicted octanol–water partition coefficient (Wildman–Crippen LogP) is 4.65. The third-order valence-corrected chi connectivity index (χ3v) is 6.66. The van der Waals surface area contributed by atoms with Crippen LogP contribution in [0.2, 0.25) is 5.02 Å². The molecule has 0 bridgehead atoms. The van der Waals surface area contributed by atoms with Crippen molar-refractivity contribution in [3.8, 4) is 17.0 Å². The lowest BCUT2D eigenvalue weighted by Gasteiger charge is -2.20. The molecule has 0 aliphatic rings. The molecule has 2 heterocycles.